The molecular weight excluding hydrogens is 340 g/mol. The van der Waals surface area contributed by atoms with Gasteiger partial charge in [0.05, 0.1) is 0 Å². The number of nitrogens with zero attached hydrogens (tertiary/aromatic N) is 1. The van der Waals surface area contributed by atoms with E-state index < -0.39 is 0 Å². The van der Waals surface area contributed by atoms with Crippen LogP contribution in [0.4, 0.5) is 0 Å². The van der Waals surface area contributed by atoms with Gasteiger partial charge < -0.3 is 10.6 Å². The zero-order valence-electron chi connectivity index (χ0n) is 17.9. The number of carbonyl (C=O) groups is 1. The van der Waals surface area contributed by atoms with Crippen LogP contribution in [0.25, 0.3) is 0 Å². The van der Waals surface area contributed by atoms with Crippen LogP contribution < -0.4 is 11.2 Å². The van der Waals surface area contributed by atoms with Gasteiger partial charge in [0.15, 0.2) is 0 Å². The molecule has 0 heterocycles. The molecule has 0 rings (SSSR count). The summed E-state index contributed by atoms with van der Waals surface area (Å²) in [5, 5.41) is 8.53. The van der Waals surface area contributed by atoms with Crippen molar-refractivity contribution in [2.24, 2.45) is 5.73 Å². The molecule has 0 aromatic carbocycles. The number of nitrogens with two attached hydrogens (primary N) is 1. The summed E-state index contributed by atoms with van der Waals surface area (Å²) in [6.45, 7) is 5.08. The van der Waals surface area contributed by atoms with E-state index in [1.807, 2.05) is 0 Å². The molecule has 0 saturated heterocycles. The van der Waals surface area contributed by atoms with Crippen molar-refractivity contribution in [3.8, 4) is 0 Å². The summed E-state index contributed by atoms with van der Waals surface area (Å²) in [7, 11) is 0. The maximum Gasteiger partial charge on any atom is 0.334 e. The topological polar surface area (TPSA) is 91.4 Å². The van der Waals surface area contributed by atoms with Crippen molar-refractivity contribution in [2.75, 3.05) is 6.54 Å². The fourth-order valence-corrected chi connectivity index (χ4v) is 2.98. The number of unbranched alkanes of at least 4 members (excludes halogenated alkanes) is 13. The van der Waals surface area contributed by atoms with Gasteiger partial charge in [-0.3, -0.25) is 5.41 Å². The van der Waals surface area contributed by atoms with E-state index >= 15 is 0 Å². The molecule has 0 aliphatic rings. The third kappa shape index (κ3) is 17.9. The Morgan fingerprint density at radius 2 is 1.26 bits per heavy atom. The van der Waals surface area contributed by atoms with E-state index in [9.17, 15) is 4.79 Å². The number of hydroxylamine groups is 1. The Morgan fingerprint density at radius 3 is 1.74 bits per heavy atom. The predicted molar refractivity (Wildman–Crippen MR) is 113 cm³/mol. The van der Waals surface area contributed by atoms with Gasteiger partial charge in [-0.25, -0.2) is 4.79 Å². The second-order valence-corrected chi connectivity index (χ2v) is 7.40. The molecule has 0 aromatic heterocycles. The Morgan fingerprint density at radius 1 is 0.815 bits per heavy atom. The number of nitrogens with one attached hydrogen (secondary N) is 2. The third-order valence-corrected chi connectivity index (χ3v) is 4.68. The summed E-state index contributed by atoms with van der Waals surface area (Å²) in [6, 6.07) is 0. The molecule has 27 heavy (non-hydrogen) atoms. The molecule has 0 bridgehead atoms. The van der Waals surface area contributed by atoms with Gasteiger partial charge >= 0.3 is 5.97 Å². The Bertz CT molecular complexity index is 364. The van der Waals surface area contributed by atoms with Gasteiger partial charge in [-0.05, 0) is 12.8 Å². The second-order valence-electron chi connectivity index (χ2n) is 7.40. The highest BCUT2D eigenvalue weighted by molar-refractivity contribution is 5.76. The van der Waals surface area contributed by atoms with Gasteiger partial charge in [0.25, 0.3) is 0 Å². The molecule has 160 valence electrons. The lowest BCUT2D eigenvalue weighted by atomic mass is 10.1. The highest BCUT2D eigenvalue weighted by Gasteiger charge is 2.12. The maximum atomic E-state index is 11.9. The van der Waals surface area contributed by atoms with Crippen LogP contribution in [0.15, 0.2) is 0 Å². The van der Waals surface area contributed by atoms with Gasteiger partial charge in [-0.1, -0.05) is 102 Å². The van der Waals surface area contributed by atoms with Gasteiger partial charge in [-0.2, -0.15) is 5.43 Å². The predicted octanol–water partition coefficient (Wildman–Crippen LogP) is 5.43. The number of hydrogen-bond donors (Lipinski definition) is 3. The van der Waals surface area contributed by atoms with E-state index in [0.717, 1.165) is 37.3 Å². The molecule has 0 aliphatic heterocycles. The summed E-state index contributed by atoms with van der Waals surface area (Å²) in [4.78, 5) is 17.0. The Kier molecular flexibility index (Phi) is 18.5. The van der Waals surface area contributed by atoms with Crippen molar-refractivity contribution in [3.63, 3.8) is 0 Å². The van der Waals surface area contributed by atoms with E-state index in [4.69, 9.17) is 16.0 Å². The number of hydrogen-bond acceptors (Lipinski definition) is 4. The molecule has 0 radical (unpaired) electrons. The monoisotopic (exact) mass is 384 g/mol. The lowest BCUT2D eigenvalue weighted by Gasteiger charge is -2.21. The van der Waals surface area contributed by atoms with Gasteiger partial charge in [0.2, 0.25) is 5.96 Å². The lowest BCUT2D eigenvalue weighted by Crippen LogP contribution is -2.47. The van der Waals surface area contributed by atoms with Crippen LogP contribution in [-0.2, 0) is 9.63 Å². The molecular formula is C21H44N4O2. The van der Waals surface area contributed by atoms with Crippen molar-refractivity contribution in [1.29, 1.82) is 5.41 Å². The zero-order valence-corrected chi connectivity index (χ0v) is 17.9. The summed E-state index contributed by atoms with van der Waals surface area (Å²) >= 11 is 0. The molecule has 4 N–H and O–H groups in total. The average Bonchev–Trinajstić information content (AvgIpc) is 2.65. The van der Waals surface area contributed by atoms with Crippen LogP contribution in [-0.4, -0.2) is 23.6 Å². The van der Waals surface area contributed by atoms with E-state index in [1.165, 1.54) is 64.2 Å². The quantitative estimate of drug-likeness (QED) is 0.127. The fourth-order valence-electron chi connectivity index (χ4n) is 2.98. The van der Waals surface area contributed by atoms with Crippen LogP contribution >= 0.6 is 0 Å². The van der Waals surface area contributed by atoms with Crippen molar-refractivity contribution in [2.45, 2.75) is 117 Å². The van der Waals surface area contributed by atoms with E-state index in [-0.39, 0.29) is 11.9 Å². The first kappa shape index (κ1) is 25.7. The van der Waals surface area contributed by atoms with Crippen molar-refractivity contribution >= 4 is 11.9 Å². The van der Waals surface area contributed by atoms with Crippen LogP contribution in [0.1, 0.15) is 117 Å². The first-order valence-electron chi connectivity index (χ1n) is 11.2. The number of guanidine groups is 1. The Labute approximate surface area is 167 Å². The van der Waals surface area contributed by atoms with E-state index in [1.54, 1.807) is 0 Å². The lowest BCUT2D eigenvalue weighted by molar-refractivity contribution is -0.183. The Hall–Kier alpha value is -1.30. The van der Waals surface area contributed by atoms with E-state index in [0.29, 0.717) is 13.0 Å². The molecule has 0 saturated carbocycles. The van der Waals surface area contributed by atoms with Gasteiger partial charge in [0, 0.05) is 13.0 Å². The summed E-state index contributed by atoms with van der Waals surface area (Å²) in [6.07, 6.45) is 18.4. The normalized spacial score (nSPS) is 10.7. The molecule has 6 heteroatoms. The summed E-state index contributed by atoms with van der Waals surface area (Å²) < 4.78 is 0. The number of hydrazine groups is 1. The van der Waals surface area contributed by atoms with Crippen LogP contribution in [0.5, 0.6) is 0 Å². The average molecular weight is 385 g/mol. The van der Waals surface area contributed by atoms with Gasteiger partial charge in [-0.15, -0.1) is 0 Å². The fraction of sp³-hybridized carbons (Fsp3) is 0.905. The van der Waals surface area contributed by atoms with Crippen LogP contribution in [0.3, 0.4) is 0 Å². The van der Waals surface area contributed by atoms with Crippen molar-refractivity contribution in [3.05, 3.63) is 0 Å². The Balaban J connectivity index is 3.67. The van der Waals surface area contributed by atoms with Crippen molar-refractivity contribution < 1.29 is 9.63 Å². The highest BCUT2D eigenvalue weighted by atomic mass is 16.7. The van der Waals surface area contributed by atoms with E-state index in [2.05, 4.69) is 19.3 Å². The smallest absolute Gasteiger partial charge is 0.334 e. The SMILES string of the molecule is CCCCCCCCCCCNN(OC(=O)CCCCCCCC)C(=N)N. The standard InChI is InChI=1S/C21H44N4O2/c1-3-5-7-9-11-12-13-15-17-19-24-25(21(22)23)27-20(26)18-16-14-10-8-6-4-2/h24H,3-19H2,1-2H3,(H3,22,23). The maximum absolute atomic E-state index is 11.9. The van der Waals surface area contributed by atoms with Crippen molar-refractivity contribution in [1.82, 2.24) is 10.6 Å². The van der Waals surface area contributed by atoms with Crippen LogP contribution in [0, 0.1) is 5.41 Å². The molecule has 0 amide bonds. The third-order valence-electron chi connectivity index (χ3n) is 4.68. The molecule has 0 unspecified atom stereocenters. The van der Waals surface area contributed by atoms with Crippen LogP contribution in [0.2, 0.25) is 0 Å². The first-order chi connectivity index (χ1) is 13.1. The summed E-state index contributed by atoms with van der Waals surface area (Å²) in [5.74, 6) is -0.623. The minimum atomic E-state index is -0.333. The summed E-state index contributed by atoms with van der Waals surface area (Å²) in [5.41, 5.74) is 8.41. The molecule has 0 aromatic rings. The van der Waals surface area contributed by atoms with Gasteiger partial charge in [0.1, 0.15) is 0 Å². The largest absolute Gasteiger partial charge is 0.366 e. The molecule has 6 nitrogen and oxygen atoms in total. The molecule has 0 spiro atoms. The number of carbonyl (C=O) groups excluding carboxylic acids is 1. The molecule has 0 aliphatic carbocycles. The minimum absolute atomic E-state index is 0.290. The minimum Gasteiger partial charge on any atom is -0.366 e. The first-order valence-corrected chi connectivity index (χ1v) is 11.2. The zero-order chi connectivity index (χ0) is 20.2. The number of rotatable bonds is 18. The molecule has 0 fully saturated rings. The molecule has 0 atom stereocenters. The highest BCUT2D eigenvalue weighted by Crippen LogP contribution is 2.10. The second kappa shape index (κ2) is 19.5.